The smallest absolute Gasteiger partial charge is 0.324 e. The molecule has 3 aliphatic heterocycles. The molecule has 2 bridgehead atoms. The summed E-state index contributed by atoms with van der Waals surface area (Å²) in [5.74, 6) is -0.147. The molecule has 0 radical (unpaired) electrons. The zero-order valence-electron chi connectivity index (χ0n) is 13.5. The fourth-order valence-electron chi connectivity index (χ4n) is 4.47. The molecule has 122 valence electrons. The highest BCUT2D eigenvalue weighted by molar-refractivity contribution is 5.96. The van der Waals surface area contributed by atoms with E-state index in [0.29, 0.717) is 25.0 Å². The van der Waals surface area contributed by atoms with Gasteiger partial charge in [-0.2, -0.15) is 0 Å². The van der Waals surface area contributed by atoms with Gasteiger partial charge in [-0.15, -0.1) is 0 Å². The Hall–Kier alpha value is -2.04. The lowest BCUT2D eigenvalue weighted by molar-refractivity contribution is -0.121. The van der Waals surface area contributed by atoms with Crippen molar-refractivity contribution >= 4 is 17.6 Å². The van der Waals surface area contributed by atoms with Crippen LogP contribution in [0.3, 0.4) is 0 Å². The van der Waals surface area contributed by atoms with E-state index in [1.165, 1.54) is 24.1 Å². The number of benzene rings is 1. The molecule has 1 aromatic rings. The third-order valence-corrected chi connectivity index (χ3v) is 5.57. The normalized spacial score (nSPS) is 30.6. The molecule has 3 aliphatic rings. The molecule has 0 aromatic heterocycles. The van der Waals surface area contributed by atoms with Gasteiger partial charge in [0.15, 0.2) is 0 Å². The van der Waals surface area contributed by atoms with Crippen molar-refractivity contribution in [1.82, 2.24) is 10.2 Å². The van der Waals surface area contributed by atoms with Gasteiger partial charge in [0, 0.05) is 36.8 Å². The molecule has 2 atom stereocenters. The van der Waals surface area contributed by atoms with E-state index in [0.717, 1.165) is 12.8 Å². The van der Waals surface area contributed by atoms with E-state index in [1.807, 2.05) is 4.90 Å². The summed E-state index contributed by atoms with van der Waals surface area (Å²) in [5.41, 5.74) is 2.59. The van der Waals surface area contributed by atoms with E-state index in [1.54, 1.807) is 0 Å². The highest BCUT2D eigenvalue weighted by atomic mass is 16.2. The van der Waals surface area contributed by atoms with Gasteiger partial charge in [0.05, 0.1) is 0 Å². The van der Waals surface area contributed by atoms with E-state index in [-0.39, 0.29) is 18.0 Å². The predicted octanol–water partition coefficient (Wildman–Crippen LogP) is 2.44. The second-order valence-electron chi connectivity index (χ2n) is 7.05. The van der Waals surface area contributed by atoms with Gasteiger partial charge in [-0.05, 0) is 44.7 Å². The van der Waals surface area contributed by atoms with Crippen molar-refractivity contribution < 1.29 is 9.59 Å². The van der Waals surface area contributed by atoms with Crippen molar-refractivity contribution in [2.24, 2.45) is 0 Å². The number of hydrogen-bond donors (Lipinski definition) is 1. The molecule has 4 rings (SSSR count). The van der Waals surface area contributed by atoms with Gasteiger partial charge in [0.1, 0.15) is 0 Å². The SMILES string of the molecule is Cc1ccc(N2C3CCC2CC(N2CCC(=O)NC2=O)C3)cc1. The number of carbonyl (C=O) groups is 2. The number of aryl methyl sites for hydroxylation is 1. The van der Waals surface area contributed by atoms with Gasteiger partial charge in [-0.1, -0.05) is 17.7 Å². The van der Waals surface area contributed by atoms with E-state index >= 15 is 0 Å². The van der Waals surface area contributed by atoms with Crippen LogP contribution in [-0.2, 0) is 4.79 Å². The number of nitrogens with one attached hydrogen (secondary N) is 1. The average Bonchev–Trinajstić information content (AvgIpc) is 2.78. The highest BCUT2D eigenvalue weighted by Crippen LogP contribution is 2.41. The van der Waals surface area contributed by atoms with Crippen LogP contribution in [0, 0.1) is 6.92 Å². The molecule has 1 aromatic carbocycles. The summed E-state index contributed by atoms with van der Waals surface area (Å²) < 4.78 is 0. The summed E-state index contributed by atoms with van der Waals surface area (Å²) in [5, 5.41) is 2.46. The number of piperidine rings is 1. The zero-order chi connectivity index (χ0) is 16.0. The molecule has 0 saturated carbocycles. The number of amides is 3. The lowest BCUT2D eigenvalue weighted by Crippen LogP contribution is -2.58. The van der Waals surface area contributed by atoms with Crippen molar-refractivity contribution in [3.8, 4) is 0 Å². The molecule has 5 heteroatoms. The highest BCUT2D eigenvalue weighted by Gasteiger charge is 2.44. The standard InChI is InChI=1S/C18H23N3O2/c1-12-2-4-13(5-3-12)21-14-6-7-15(21)11-16(10-14)20-9-8-17(22)19-18(20)23/h2-5,14-16H,6-11H2,1H3,(H,19,22,23). The topological polar surface area (TPSA) is 52.6 Å². The van der Waals surface area contributed by atoms with Crippen LogP contribution >= 0.6 is 0 Å². The van der Waals surface area contributed by atoms with Gasteiger partial charge < -0.3 is 9.80 Å². The minimum absolute atomic E-state index is 0.147. The first kappa shape index (κ1) is 14.5. The maximum absolute atomic E-state index is 12.1. The first-order chi connectivity index (χ1) is 11.1. The Kier molecular flexibility index (Phi) is 3.51. The molecule has 3 amide bonds. The number of nitrogens with zero attached hydrogens (tertiary/aromatic N) is 2. The van der Waals surface area contributed by atoms with E-state index in [2.05, 4.69) is 41.4 Å². The second kappa shape index (κ2) is 5.55. The maximum Gasteiger partial charge on any atom is 0.324 e. The monoisotopic (exact) mass is 313 g/mol. The maximum atomic E-state index is 12.1. The van der Waals surface area contributed by atoms with E-state index < -0.39 is 0 Å². The van der Waals surface area contributed by atoms with Crippen molar-refractivity contribution in [1.29, 1.82) is 0 Å². The summed E-state index contributed by atoms with van der Waals surface area (Å²) >= 11 is 0. The van der Waals surface area contributed by atoms with Crippen LogP contribution in [-0.4, -0.2) is 41.5 Å². The second-order valence-corrected chi connectivity index (χ2v) is 7.05. The largest absolute Gasteiger partial charge is 0.365 e. The molecule has 3 fully saturated rings. The Morgan fingerprint density at radius 3 is 2.26 bits per heavy atom. The summed E-state index contributed by atoms with van der Waals surface area (Å²) in [6.07, 6.45) is 4.84. The number of imide groups is 1. The van der Waals surface area contributed by atoms with Crippen LogP contribution in [0.25, 0.3) is 0 Å². The summed E-state index contributed by atoms with van der Waals surface area (Å²) in [6, 6.07) is 9.85. The Bertz CT molecular complexity index is 614. The van der Waals surface area contributed by atoms with E-state index in [9.17, 15) is 9.59 Å². The number of fused-ring (bicyclic) bond motifs is 2. The molecule has 0 aliphatic carbocycles. The van der Waals surface area contributed by atoms with Gasteiger partial charge in [-0.3, -0.25) is 10.1 Å². The molecule has 3 saturated heterocycles. The third kappa shape index (κ3) is 2.58. The Balaban J connectivity index is 1.50. The lowest BCUT2D eigenvalue weighted by Gasteiger charge is -2.45. The van der Waals surface area contributed by atoms with Gasteiger partial charge >= 0.3 is 6.03 Å². The van der Waals surface area contributed by atoms with Gasteiger partial charge in [0.25, 0.3) is 0 Å². The van der Waals surface area contributed by atoms with Crippen molar-refractivity contribution in [3.63, 3.8) is 0 Å². The summed E-state index contributed by atoms with van der Waals surface area (Å²) in [4.78, 5) is 27.9. The van der Waals surface area contributed by atoms with Crippen LogP contribution < -0.4 is 10.2 Å². The quantitative estimate of drug-likeness (QED) is 0.912. The Morgan fingerprint density at radius 1 is 1.00 bits per heavy atom. The fourth-order valence-corrected chi connectivity index (χ4v) is 4.47. The van der Waals surface area contributed by atoms with Gasteiger partial charge in [0.2, 0.25) is 5.91 Å². The predicted molar refractivity (Wildman–Crippen MR) is 88.4 cm³/mol. The fraction of sp³-hybridized carbons (Fsp3) is 0.556. The molecule has 2 unspecified atom stereocenters. The molecule has 1 N–H and O–H groups in total. The lowest BCUT2D eigenvalue weighted by atomic mass is 9.94. The van der Waals surface area contributed by atoms with Crippen molar-refractivity contribution in [2.75, 3.05) is 11.4 Å². The molecule has 3 heterocycles. The Labute approximate surface area is 136 Å². The molecular weight excluding hydrogens is 290 g/mol. The minimum Gasteiger partial charge on any atom is -0.365 e. The first-order valence-electron chi connectivity index (χ1n) is 8.57. The van der Waals surface area contributed by atoms with Crippen LogP contribution in [0.1, 0.15) is 37.7 Å². The summed E-state index contributed by atoms with van der Waals surface area (Å²) in [7, 11) is 0. The molecule has 0 spiro atoms. The first-order valence-corrected chi connectivity index (χ1v) is 8.57. The minimum atomic E-state index is -0.200. The molecule has 23 heavy (non-hydrogen) atoms. The summed E-state index contributed by atoms with van der Waals surface area (Å²) in [6.45, 7) is 2.68. The van der Waals surface area contributed by atoms with Crippen molar-refractivity contribution in [2.45, 2.75) is 57.2 Å². The molecular formula is C18H23N3O2. The van der Waals surface area contributed by atoms with Crippen LogP contribution in [0.4, 0.5) is 10.5 Å². The van der Waals surface area contributed by atoms with Crippen molar-refractivity contribution in [3.05, 3.63) is 29.8 Å². The molecule has 5 nitrogen and oxygen atoms in total. The van der Waals surface area contributed by atoms with Gasteiger partial charge in [-0.25, -0.2) is 4.79 Å². The van der Waals surface area contributed by atoms with Crippen LogP contribution in [0.5, 0.6) is 0 Å². The number of urea groups is 1. The van der Waals surface area contributed by atoms with Crippen LogP contribution in [0.2, 0.25) is 0 Å². The number of hydrogen-bond acceptors (Lipinski definition) is 3. The number of rotatable bonds is 2. The Morgan fingerprint density at radius 2 is 1.65 bits per heavy atom. The van der Waals surface area contributed by atoms with E-state index in [4.69, 9.17) is 0 Å². The third-order valence-electron chi connectivity index (χ3n) is 5.57. The number of carbonyl (C=O) groups excluding carboxylic acids is 2. The zero-order valence-corrected chi connectivity index (χ0v) is 13.5. The number of anilines is 1. The average molecular weight is 313 g/mol. The van der Waals surface area contributed by atoms with Crippen LogP contribution in [0.15, 0.2) is 24.3 Å².